The Morgan fingerprint density at radius 1 is 1.17 bits per heavy atom. The van der Waals surface area contributed by atoms with Gasteiger partial charge in [-0.15, -0.1) is 23.5 Å². The fraction of sp³-hybridized carbons (Fsp3) is 0.400. The molecule has 12 heavy (non-hydrogen) atoms. The number of rotatable bonds is 2. The van der Waals surface area contributed by atoms with Gasteiger partial charge in [0.25, 0.3) is 0 Å². The summed E-state index contributed by atoms with van der Waals surface area (Å²) in [5.41, 5.74) is 0. The first-order valence-corrected chi connectivity index (χ1v) is 6.08. The zero-order valence-electron chi connectivity index (χ0n) is 7.12. The molecular weight excluding hydrogens is 184 g/mol. The first kappa shape index (κ1) is 8.52. The molecule has 1 aromatic carbocycles. The molecule has 1 heterocycles. The molecule has 0 unspecified atom stereocenters. The minimum absolute atomic E-state index is 0.771. The van der Waals surface area contributed by atoms with E-state index in [0.29, 0.717) is 0 Å². The first-order chi connectivity index (χ1) is 5.90. The van der Waals surface area contributed by atoms with Gasteiger partial charge in [0.2, 0.25) is 0 Å². The van der Waals surface area contributed by atoms with E-state index in [2.05, 4.69) is 31.2 Å². The quantitative estimate of drug-likeness (QED) is 0.701. The summed E-state index contributed by atoms with van der Waals surface area (Å²) in [6.07, 6.45) is 2.61. The molecule has 0 N–H and O–H groups in total. The van der Waals surface area contributed by atoms with Gasteiger partial charge in [-0.3, -0.25) is 0 Å². The average molecular weight is 196 g/mol. The van der Waals surface area contributed by atoms with Crippen LogP contribution in [0.4, 0.5) is 0 Å². The van der Waals surface area contributed by atoms with E-state index in [9.17, 15) is 0 Å². The highest BCUT2D eigenvalue weighted by Crippen LogP contribution is 2.49. The van der Waals surface area contributed by atoms with Crippen molar-refractivity contribution in [2.45, 2.75) is 34.1 Å². The minimum Gasteiger partial charge on any atom is -0.110 e. The summed E-state index contributed by atoms with van der Waals surface area (Å²) < 4.78 is 0.771. The van der Waals surface area contributed by atoms with Crippen LogP contribution in [0.3, 0.4) is 0 Å². The van der Waals surface area contributed by atoms with Crippen molar-refractivity contribution in [1.82, 2.24) is 0 Å². The van der Waals surface area contributed by atoms with E-state index in [1.54, 1.807) is 0 Å². The van der Waals surface area contributed by atoms with E-state index in [1.807, 2.05) is 23.5 Å². The van der Waals surface area contributed by atoms with Gasteiger partial charge in [-0.25, -0.2) is 0 Å². The van der Waals surface area contributed by atoms with Gasteiger partial charge in [0, 0.05) is 9.79 Å². The van der Waals surface area contributed by atoms with Crippen molar-refractivity contribution in [2.24, 2.45) is 0 Å². The van der Waals surface area contributed by atoms with E-state index in [0.717, 1.165) is 4.58 Å². The molecule has 64 valence electrons. The van der Waals surface area contributed by atoms with Crippen molar-refractivity contribution in [3.05, 3.63) is 24.3 Å². The number of fused-ring (bicyclic) bond motifs is 1. The molecule has 0 atom stereocenters. The van der Waals surface area contributed by atoms with Crippen molar-refractivity contribution < 1.29 is 0 Å². The van der Waals surface area contributed by atoms with Gasteiger partial charge in [0.1, 0.15) is 0 Å². The van der Waals surface area contributed by atoms with Crippen LogP contribution in [0.1, 0.15) is 19.8 Å². The van der Waals surface area contributed by atoms with Gasteiger partial charge in [0.15, 0.2) is 0 Å². The van der Waals surface area contributed by atoms with Gasteiger partial charge < -0.3 is 0 Å². The molecule has 0 fully saturated rings. The predicted octanol–water partition coefficient (Wildman–Crippen LogP) is 4.01. The maximum absolute atomic E-state index is 2.25. The lowest BCUT2D eigenvalue weighted by Crippen LogP contribution is -1.88. The summed E-state index contributed by atoms with van der Waals surface area (Å²) in [5.74, 6) is 0. The third kappa shape index (κ3) is 1.64. The zero-order chi connectivity index (χ0) is 8.39. The van der Waals surface area contributed by atoms with Crippen LogP contribution < -0.4 is 0 Å². The van der Waals surface area contributed by atoms with Crippen LogP contribution in [0.15, 0.2) is 34.1 Å². The molecule has 2 rings (SSSR count). The summed E-state index contributed by atoms with van der Waals surface area (Å²) >= 11 is 4.05. The van der Waals surface area contributed by atoms with Gasteiger partial charge in [-0.1, -0.05) is 25.5 Å². The van der Waals surface area contributed by atoms with Crippen molar-refractivity contribution >= 4 is 23.5 Å². The summed E-state index contributed by atoms with van der Waals surface area (Å²) in [6.45, 7) is 2.25. The second-order valence-corrected chi connectivity index (χ2v) is 5.69. The van der Waals surface area contributed by atoms with Gasteiger partial charge in [-0.2, -0.15) is 0 Å². The second-order valence-electron chi connectivity index (χ2n) is 2.90. The molecule has 1 aliphatic heterocycles. The normalized spacial score (nSPS) is 16.4. The monoisotopic (exact) mass is 196 g/mol. The summed E-state index contributed by atoms with van der Waals surface area (Å²) in [5, 5.41) is 0. The molecule has 0 nitrogen and oxygen atoms in total. The Kier molecular flexibility index (Phi) is 2.66. The smallest absolute Gasteiger partial charge is 0.0597 e. The standard InChI is InChI=1S/C10H12S2/c1-2-5-10-11-8-6-3-4-7-9(8)12-10/h3-4,6-7,10H,2,5H2,1H3. The van der Waals surface area contributed by atoms with E-state index in [1.165, 1.54) is 22.6 Å². The highest BCUT2D eigenvalue weighted by Gasteiger charge is 2.20. The Bertz CT molecular complexity index is 245. The van der Waals surface area contributed by atoms with Crippen molar-refractivity contribution in [1.29, 1.82) is 0 Å². The van der Waals surface area contributed by atoms with E-state index in [-0.39, 0.29) is 0 Å². The SMILES string of the molecule is CCCC1Sc2ccccc2S1. The topological polar surface area (TPSA) is 0 Å². The van der Waals surface area contributed by atoms with Crippen LogP contribution in [-0.2, 0) is 0 Å². The van der Waals surface area contributed by atoms with E-state index >= 15 is 0 Å². The van der Waals surface area contributed by atoms with Crippen molar-refractivity contribution in [3.63, 3.8) is 0 Å². The van der Waals surface area contributed by atoms with Crippen LogP contribution in [-0.4, -0.2) is 4.58 Å². The molecular formula is C10H12S2. The Balaban J connectivity index is 2.11. The van der Waals surface area contributed by atoms with Crippen LogP contribution >= 0.6 is 23.5 Å². The Labute approximate surface area is 82.1 Å². The van der Waals surface area contributed by atoms with Crippen LogP contribution in [0.25, 0.3) is 0 Å². The molecule has 0 amide bonds. The molecule has 0 aromatic heterocycles. The zero-order valence-corrected chi connectivity index (χ0v) is 8.75. The van der Waals surface area contributed by atoms with E-state index in [4.69, 9.17) is 0 Å². The van der Waals surface area contributed by atoms with Crippen molar-refractivity contribution in [2.75, 3.05) is 0 Å². The summed E-state index contributed by atoms with van der Waals surface area (Å²) in [6, 6.07) is 8.70. The molecule has 0 bridgehead atoms. The maximum Gasteiger partial charge on any atom is 0.0597 e. The molecule has 0 radical (unpaired) electrons. The lowest BCUT2D eigenvalue weighted by molar-refractivity contribution is 0.873. The highest BCUT2D eigenvalue weighted by atomic mass is 32.2. The minimum atomic E-state index is 0.771. The predicted molar refractivity (Wildman–Crippen MR) is 56.9 cm³/mol. The average Bonchev–Trinajstić information content (AvgIpc) is 2.47. The summed E-state index contributed by atoms with van der Waals surface area (Å²) in [4.78, 5) is 2.95. The Hall–Kier alpha value is -0.0800. The third-order valence-corrected chi connectivity index (χ3v) is 4.81. The number of thioether (sulfide) groups is 2. The fourth-order valence-corrected chi connectivity index (χ4v) is 4.37. The second kappa shape index (κ2) is 3.75. The highest BCUT2D eigenvalue weighted by molar-refractivity contribution is 8.19. The molecule has 2 heteroatoms. The molecule has 0 spiro atoms. The van der Waals surface area contributed by atoms with Crippen LogP contribution in [0.5, 0.6) is 0 Å². The van der Waals surface area contributed by atoms with Crippen LogP contribution in [0, 0.1) is 0 Å². The maximum atomic E-state index is 2.25. The molecule has 0 saturated carbocycles. The number of benzene rings is 1. The Morgan fingerprint density at radius 3 is 2.25 bits per heavy atom. The van der Waals surface area contributed by atoms with Gasteiger partial charge in [0.05, 0.1) is 4.58 Å². The number of hydrogen-bond acceptors (Lipinski definition) is 2. The molecule has 1 aromatic rings. The third-order valence-electron chi connectivity index (χ3n) is 1.89. The molecule has 0 aliphatic carbocycles. The number of hydrogen-bond donors (Lipinski definition) is 0. The van der Waals surface area contributed by atoms with E-state index < -0.39 is 0 Å². The van der Waals surface area contributed by atoms with Crippen LogP contribution in [0.2, 0.25) is 0 Å². The fourth-order valence-electron chi connectivity index (χ4n) is 1.31. The Morgan fingerprint density at radius 2 is 1.75 bits per heavy atom. The van der Waals surface area contributed by atoms with Gasteiger partial charge in [-0.05, 0) is 18.6 Å². The first-order valence-electron chi connectivity index (χ1n) is 4.32. The lowest BCUT2D eigenvalue weighted by atomic mass is 10.4. The lowest BCUT2D eigenvalue weighted by Gasteiger charge is -2.02. The van der Waals surface area contributed by atoms with Gasteiger partial charge >= 0.3 is 0 Å². The van der Waals surface area contributed by atoms with Crippen molar-refractivity contribution in [3.8, 4) is 0 Å². The molecule has 0 saturated heterocycles. The largest absolute Gasteiger partial charge is 0.110 e. The molecule has 1 aliphatic rings. The summed E-state index contributed by atoms with van der Waals surface area (Å²) in [7, 11) is 0.